The van der Waals surface area contributed by atoms with Crippen LogP contribution in [-0.2, 0) is 0 Å². The van der Waals surface area contributed by atoms with Gasteiger partial charge in [0.25, 0.3) is 0 Å². The summed E-state index contributed by atoms with van der Waals surface area (Å²) in [5, 5.41) is 3.55. The molecule has 0 saturated carbocycles. The molecule has 1 N–H and O–H groups in total. The van der Waals surface area contributed by atoms with Gasteiger partial charge in [-0.25, -0.2) is 0 Å². The van der Waals surface area contributed by atoms with Gasteiger partial charge in [-0.3, -0.25) is 0 Å². The van der Waals surface area contributed by atoms with E-state index >= 15 is 0 Å². The van der Waals surface area contributed by atoms with Crippen LogP contribution in [-0.4, -0.2) is 45.3 Å². The Balaban J connectivity index is 3.05. The van der Waals surface area contributed by atoms with Crippen LogP contribution in [0.5, 0.6) is 11.5 Å². The number of rotatable bonds is 9. The first-order valence-electron chi connectivity index (χ1n) is 7.37. The lowest BCUT2D eigenvalue weighted by molar-refractivity contribution is 0.263. The predicted octanol–water partition coefficient (Wildman–Crippen LogP) is 2.70. The topological polar surface area (TPSA) is 33.7 Å². The van der Waals surface area contributed by atoms with Crippen molar-refractivity contribution < 1.29 is 9.47 Å². The third kappa shape index (κ3) is 4.39. The van der Waals surface area contributed by atoms with Crippen molar-refractivity contribution in [1.82, 2.24) is 10.2 Å². The summed E-state index contributed by atoms with van der Waals surface area (Å²) >= 11 is 0. The minimum Gasteiger partial charge on any atom is -0.497 e. The lowest BCUT2D eigenvalue weighted by atomic mass is 10.0. The Morgan fingerprint density at radius 1 is 1.10 bits per heavy atom. The number of nitrogens with zero attached hydrogens (tertiary/aromatic N) is 1. The number of benzene rings is 1. The van der Waals surface area contributed by atoms with Gasteiger partial charge < -0.3 is 19.7 Å². The van der Waals surface area contributed by atoms with E-state index in [1.54, 1.807) is 14.2 Å². The van der Waals surface area contributed by atoms with E-state index < -0.39 is 0 Å². The Labute approximate surface area is 123 Å². The molecule has 0 aliphatic rings. The maximum Gasteiger partial charge on any atom is 0.123 e. The van der Waals surface area contributed by atoms with Crippen molar-refractivity contribution in [2.24, 2.45) is 0 Å². The van der Waals surface area contributed by atoms with E-state index in [2.05, 4.69) is 37.1 Å². The second-order valence-electron chi connectivity index (χ2n) is 4.70. The molecule has 4 heteroatoms. The molecular weight excluding hydrogens is 252 g/mol. The number of nitrogens with one attached hydrogen (secondary N) is 1. The fourth-order valence-electron chi connectivity index (χ4n) is 2.37. The highest BCUT2D eigenvalue weighted by molar-refractivity contribution is 5.42. The lowest BCUT2D eigenvalue weighted by Gasteiger charge is -2.27. The second-order valence-corrected chi connectivity index (χ2v) is 4.70. The van der Waals surface area contributed by atoms with Gasteiger partial charge in [0.2, 0.25) is 0 Å². The van der Waals surface area contributed by atoms with E-state index in [0.29, 0.717) is 0 Å². The minimum atomic E-state index is 0.241. The van der Waals surface area contributed by atoms with Gasteiger partial charge in [-0.1, -0.05) is 20.8 Å². The van der Waals surface area contributed by atoms with Gasteiger partial charge in [0.15, 0.2) is 0 Å². The highest BCUT2D eigenvalue weighted by atomic mass is 16.5. The Bertz CT molecular complexity index is 392. The van der Waals surface area contributed by atoms with E-state index in [0.717, 1.165) is 43.2 Å². The quantitative estimate of drug-likeness (QED) is 0.754. The fraction of sp³-hybridized carbons (Fsp3) is 0.625. The Hall–Kier alpha value is -1.26. The molecule has 0 spiro atoms. The Morgan fingerprint density at radius 2 is 1.80 bits per heavy atom. The zero-order chi connectivity index (χ0) is 15.0. The monoisotopic (exact) mass is 280 g/mol. The molecule has 0 saturated heterocycles. The van der Waals surface area contributed by atoms with Crippen LogP contribution in [0, 0.1) is 0 Å². The van der Waals surface area contributed by atoms with Crippen LogP contribution in [0.4, 0.5) is 0 Å². The zero-order valence-electron chi connectivity index (χ0n) is 13.4. The predicted molar refractivity (Wildman–Crippen MR) is 83.8 cm³/mol. The molecule has 0 amide bonds. The number of hydrogen-bond donors (Lipinski definition) is 1. The molecule has 0 radical (unpaired) electrons. The molecule has 0 bridgehead atoms. The Kier molecular flexibility index (Phi) is 7.41. The van der Waals surface area contributed by atoms with Crippen molar-refractivity contribution in [2.75, 3.05) is 40.4 Å². The molecule has 0 aliphatic heterocycles. The average molecular weight is 280 g/mol. The van der Waals surface area contributed by atoms with Crippen LogP contribution in [0.3, 0.4) is 0 Å². The van der Waals surface area contributed by atoms with Gasteiger partial charge in [-0.15, -0.1) is 0 Å². The Morgan fingerprint density at radius 3 is 2.30 bits per heavy atom. The van der Waals surface area contributed by atoms with E-state index in [1.807, 2.05) is 12.1 Å². The standard InChI is InChI=1S/C16H28N2O2/c1-6-17-15(12-18(7-2)8-3)14-11-13(19-4)9-10-16(14)20-5/h9-11,15,17H,6-8,12H2,1-5H3. The number of hydrogen-bond acceptors (Lipinski definition) is 4. The molecule has 1 atom stereocenters. The number of ether oxygens (including phenoxy) is 2. The van der Waals surface area contributed by atoms with Crippen molar-refractivity contribution in [3.05, 3.63) is 23.8 Å². The molecular formula is C16H28N2O2. The SMILES string of the molecule is CCNC(CN(CC)CC)c1cc(OC)ccc1OC. The van der Waals surface area contributed by atoms with Gasteiger partial charge in [-0.05, 0) is 37.8 Å². The van der Waals surface area contributed by atoms with Crippen LogP contribution in [0.25, 0.3) is 0 Å². The molecule has 0 fully saturated rings. The summed E-state index contributed by atoms with van der Waals surface area (Å²) in [6.07, 6.45) is 0. The first-order chi connectivity index (χ1) is 9.69. The number of methoxy groups -OCH3 is 2. The molecule has 1 aromatic carbocycles. The summed E-state index contributed by atoms with van der Waals surface area (Å²) in [4.78, 5) is 2.41. The first kappa shape index (κ1) is 16.8. The molecule has 0 heterocycles. The normalized spacial score (nSPS) is 12.5. The number of likely N-dealkylation sites (N-methyl/N-ethyl adjacent to an activating group) is 2. The van der Waals surface area contributed by atoms with Gasteiger partial charge in [0.1, 0.15) is 11.5 Å². The van der Waals surface area contributed by atoms with Crippen LogP contribution >= 0.6 is 0 Å². The second kappa shape index (κ2) is 8.82. The van der Waals surface area contributed by atoms with E-state index in [1.165, 1.54) is 0 Å². The van der Waals surface area contributed by atoms with Gasteiger partial charge in [0.05, 0.1) is 14.2 Å². The molecule has 0 aromatic heterocycles. The maximum absolute atomic E-state index is 5.51. The molecule has 0 aliphatic carbocycles. The van der Waals surface area contributed by atoms with Crippen molar-refractivity contribution in [1.29, 1.82) is 0 Å². The molecule has 20 heavy (non-hydrogen) atoms. The lowest BCUT2D eigenvalue weighted by Crippen LogP contribution is -2.35. The molecule has 1 rings (SSSR count). The molecule has 4 nitrogen and oxygen atoms in total. The van der Waals surface area contributed by atoms with Crippen molar-refractivity contribution >= 4 is 0 Å². The van der Waals surface area contributed by atoms with Crippen LogP contribution in [0.2, 0.25) is 0 Å². The first-order valence-corrected chi connectivity index (χ1v) is 7.37. The molecule has 114 valence electrons. The summed E-state index contributed by atoms with van der Waals surface area (Å²) in [7, 11) is 3.41. The van der Waals surface area contributed by atoms with Gasteiger partial charge >= 0.3 is 0 Å². The maximum atomic E-state index is 5.51. The summed E-state index contributed by atoms with van der Waals surface area (Å²) in [6, 6.07) is 6.21. The van der Waals surface area contributed by atoms with Crippen molar-refractivity contribution in [3.8, 4) is 11.5 Å². The summed E-state index contributed by atoms with van der Waals surface area (Å²) in [6.45, 7) is 10.5. The molecule has 1 unspecified atom stereocenters. The highest BCUT2D eigenvalue weighted by Crippen LogP contribution is 2.29. The molecule has 1 aromatic rings. The highest BCUT2D eigenvalue weighted by Gasteiger charge is 2.18. The van der Waals surface area contributed by atoms with E-state index in [9.17, 15) is 0 Å². The fourth-order valence-corrected chi connectivity index (χ4v) is 2.37. The van der Waals surface area contributed by atoms with Crippen LogP contribution < -0.4 is 14.8 Å². The average Bonchev–Trinajstić information content (AvgIpc) is 2.50. The summed E-state index contributed by atoms with van der Waals surface area (Å²) in [5.74, 6) is 1.77. The van der Waals surface area contributed by atoms with E-state index in [4.69, 9.17) is 9.47 Å². The third-order valence-electron chi connectivity index (χ3n) is 3.60. The third-order valence-corrected chi connectivity index (χ3v) is 3.60. The van der Waals surface area contributed by atoms with Crippen LogP contribution in [0.1, 0.15) is 32.4 Å². The largest absolute Gasteiger partial charge is 0.497 e. The van der Waals surface area contributed by atoms with Gasteiger partial charge in [-0.2, -0.15) is 0 Å². The minimum absolute atomic E-state index is 0.241. The smallest absolute Gasteiger partial charge is 0.123 e. The van der Waals surface area contributed by atoms with Crippen molar-refractivity contribution in [3.63, 3.8) is 0 Å². The van der Waals surface area contributed by atoms with Gasteiger partial charge in [0, 0.05) is 18.2 Å². The van der Waals surface area contributed by atoms with E-state index in [-0.39, 0.29) is 6.04 Å². The summed E-state index contributed by atoms with van der Waals surface area (Å²) < 4.78 is 10.9. The van der Waals surface area contributed by atoms with Crippen LogP contribution in [0.15, 0.2) is 18.2 Å². The summed E-state index contributed by atoms with van der Waals surface area (Å²) in [5.41, 5.74) is 1.15. The zero-order valence-corrected chi connectivity index (χ0v) is 13.4. The van der Waals surface area contributed by atoms with Crippen molar-refractivity contribution in [2.45, 2.75) is 26.8 Å².